The monoisotopic (exact) mass is 409 g/mol. The molecule has 1 heterocycles. The minimum Gasteiger partial charge on any atom is -0.508 e. The van der Waals surface area contributed by atoms with E-state index < -0.39 is 5.97 Å². The van der Waals surface area contributed by atoms with E-state index in [1.165, 1.54) is 35.6 Å². The molecule has 0 aliphatic heterocycles. The van der Waals surface area contributed by atoms with Crippen molar-refractivity contribution in [3.63, 3.8) is 0 Å². The van der Waals surface area contributed by atoms with Crippen LogP contribution in [0.25, 0.3) is 0 Å². The molecule has 0 atom stereocenters. The molecule has 0 aliphatic rings. The highest BCUT2D eigenvalue weighted by Crippen LogP contribution is 2.23. The lowest BCUT2D eigenvalue weighted by Gasteiger charge is -2.20. The average Bonchev–Trinajstić information content (AvgIpc) is 2.97. The molecule has 1 N–H and O–H groups in total. The van der Waals surface area contributed by atoms with Crippen molar-refractivity contribution >= 4 is 39.1 Å². The van der Waals surface area contributed by atoms with Gasteiger partial charge in [-0.3, -0.25) is 4.79 Å². The van der Waals surface area contributed by atoms with E-state index in [0.717, 1.165) is 8.66 Å². The highest BCUT2D eigenvalue weighted by Gasteiger charge is 2.16. The smallest absolute Gasteiger partial charge is 0.338 e. The number of hydrogen-bond donors (Lipinski definition) is 1. The predicted molar refractivity (Wildman–Crippen MR) is 96.0 cm³/mol. The number of carbonyl (C=O) groups is 2. The SMILES string of the molecule is C=CCN(Cc1ccc(Br)s1)C(=O)COC(=O)c1ccc(O)cc1. The van der Waals surface area contributed by atoms with Crippen LogP contribution in [0.15, 0.2) is 52.8 Å². The van der Waals surface area contributed by atoms with E-state index >= 15 is 0 Å². The molecule has 0 saturated heterocycles. The van der Waals surface area contributed by atoms with Gasteiger partial charge in [-0.25, -0.2) is 4.79 Å². The fourth-order valence-electron chi connectivity index (χ4n) is 1.93. The van der Waals surface area contributed by atoms with Crippen LogP contribution in [0.4, 0.5) is 0 Å². The number of carbonyl (C=O) groups excluding carboxylic acids is 2. The Morgan fingerprint density at radius 2 is 1.96 bits per heavy atom. The molecule has 2 aromatic rings. The molecule has 0 fully saturated rings. The van der Waals surface area contributed by atoms with Crippen molar-refractivity contribution in [1.29, 1.82) is 0 Å². The number of thiophene rings is 1. The Balaban J connectivity index is 1.93. The normalized spacial score (nSPS) is 10.2. The van der Waals surface area contributed by atoms with Crippen molar-refractivity contribution in [2.24, 2.45) is 0 Å². The quantitative estimate of drug-likeness (QED) is 0.560. The number of esters is 1. The van der Waals surface area contributed by atoms with E-state index in [2.05, 4.69) is 22.5 Å². The van der Waals surface area contributed by atoms with Gasteiger partial charge in [0.25, 0.3) is 5.91 Å². The maximum Gasteiger partial charge on any atom is 0.338 e. The summed E-state index contributed by atoms with van der Waals surface area (Å²) >= 11 is 4.93. The molecule has 1 aromatic carbocycles. The summed E-state index contributed by atoms with van der Waals surface area (Å²) in [5.41, 5.74) is 0.276. The van der Waals surface area contributed by atoms with Crippen molar-refractivity contribution < 1.29 is 19.4 Å². The second-order valence-corrected chi connectivity index (χ2v) is 7.44. The Morgan fingerprint density at radius 1 is 1.25 bits per heavy atom. The zero-order valence-electron chi connectivity index (χ0n) is 12.8. The molecule has 126 valence electrons. The topological polar surface area (TPSA) is 66.8 Å². The summed E-state index contributed by atoms with van der Waals surface area (Å²) in [5.74, 6) is -0.853. The number of nitrogens with zero attached hydrogens (tertiary/aromatic N) is 1. The Bertz CT molecular complexity index is 726. The highest BCUT2D eigenvalue weighted by atomic mass is 79.9. The van der Waals surface area contributed by atoms with Gasteiger partial charge < -0.3 is 14.7 Å². The Morgan fingerprint density at radius 3 is 2.54 bits per heavy atom. The number of ether oxygens (including phenoxy) is 1. The number of hydrogen-bond acceptors (Lipinski definition) is 5. The maximum absolute atomic E-state index is 12.3. The Labute approximate surface area is 152 Å². The van der Waals surface area contributed by atoms with Crippen LogP contribution < -0.4 is 0 Å². The molecule has 0 radical (unpaired) electrons. The summed E-state index contributed by atoms with van der Waals surface area (Å²) in [4.78, 5) is 26.8. The predicted octanol–water partition coefficient (Wildman–Crippen LogP) is 3.59. The van der Waals surface area contributed by atoms with Crippen LogP contribution in [0.1, 0.15) is 15.2 Å². The molecule has 1 amide bonds. The number of amides is 1. The van der Waals surface area contributed by atoms with E-state index in [-0.39, 0.29) is 23.8 Å². The molecule has 0 unspecified atom stereocenters. The molecule has 2 rings (SSSR count). The van der Waals surface area contributed by atoms with Crippen LogP contribution in [-0.4, -0.2) is 35.0 Å². The van der Waals surface area contributed by atoms with Gasteiger partial charge in [-0.15, -0.1) is 17.9 Å². The van der Waals surface area contributed by atoms with Crippen molar-refractivity contribution in [1.82, 2.24) is 4.90 Å². The van der Waals surface area contributed by atoms with Gasteiger partial charge in [-0.1, -0.05) is 6.08 Å². The van der Waals surface area contributed by atoms with Gasteiger partial charge in [0.05, 0.1) is 15.9 Å². The third kappa shape index (κ3) is 5.21. The Hall–Kier alpha value is -2.12. The van der Waals surface area contributed by atoms with E-state index in [9.17, 15) is 14.7 Å². The number of phenolic OH excluding ortho intramolecular Hbond substituents is 1. The first-order valence-corrected chi connectivity index (χ1v) is 8.69. The lowest BCUT2D eigenvalue weighted by molar-refractivity contribution is -0.134. The van der Waals surface area contributed by atoms with Crippen LogP contribution >= 0.6 is 27.3 Å². The molecule has 1 aromatic heterocycles. The number of benzene rings is 1. The summed E-state index contributed by atoms with van der Waals surface area (Å²) in [6.07, 6.45) is 1.63. The maximum atomic E-state index is 12.3. The molecule has 24 heavy (non-hydrogen) atoms. The zero-order chi connectivity index (χ0) is 17.5. The molecule has 0 aliphatic carbocycles. The molecular formula is C17H16BrNO4S. The third-order valence-corrected chi connectivity index (χ3v) is 4.72. The summed E-state index contributed by atoms with van der Waals surface area (Å²) in [6, 6.07) is 9.50. The lowest BCUT2D eigenvalue weighted by atomic mass is 10.2. The van der Waals surface area contributed by atoms with Crippen LogP contribution in [-0.2, 0) is 16.1 Å². The highest BCUT2D eigenvalue weighted by molar-refractivity contribution is 9.11. The Kier molecular flexibility index (Phi) is 6.57. The first-order valence-electron chi connectivity index (χ1n) is 7.08. The van der Waals surface area contributed by atoms with E-state index in [0.29, 0.717) is 13.1 Å². The second kappa shape index (κ2) is 8.65. The summed E-state index contributed by atoms with van der Waals surface area (Å²) in [5, 5.41) is 9.21. The van der Waals surface area contributed by atoms with E-state index in [1.807, 2.05) is 12.1 Å². The number of phenols is 1. The van der Waals surface area contributed by atoms with Crippen LogP contribution in [0, 0.1) is 0 Å². The number of rotatable bonds is 7. The van der Waals surface area contributed by atoms with Crippen molar-refractivity contribution in [3.05, 3.63) is 63.3 Å². The molecule has 5 nitrogen and oxygen atoms in total. The summed E-state index contributed by atoms with van der Waals surface area (Å²) < 4.78 is 6.04. The molecule has 0 spiro atoms. The number of halogens is 1. The van der Waals surface area contributed by atoms with Gasteiger partial charge in [0.15, 0.2) is 6.61 Å². The second-order valence-electron chi connectivity index (χ2n) is 4.89. The summed E-state index contributed by atoms with van der Waals surface area (Å²) in [7, 11) is 0. The van der Waals surface area contributed by atoms with Crippen LogP contribution in [0.5, 0.6) is 5.75 Å². The van der Waals surface area contributed by atoms with E-state index in [4.69, 9.17) is 4.74 Å². The van der Waals surface area contributed by atoms with E-state index in [1.54, 1.807) is 11.0 Å². The lowest BCUT2D eigenvalue weighted by Crippen LogP contribution is -2.34. The van der Waals surface area contributed by atoms with Crippen molar-refractivity contribution in [3.8, 4) is 5.75 Å². The minimum atomic E-state index is -0.610. The zero-order valence-corrected chi connectivity index (χ0v) is 15.2. The standard InChI is InChI=1S/C17H16BrNO4S/c1-2-9-19(10-14-7-8-15(18)24-14)16(21)11-23-17(22)12-3-5-13(20)6-4-12/h2-8,20H,1,9-11H2. The van der Waals surface area contributed by atoms with Crippen LogP contribution in [0.3, 0.4) is 0 Å². The van der Waals surface area contributed by atoms with Gasteiger partial charge in [0.2, 0.25) is 0 Å². The molecule has 7 heteroatoms. The summed E-state index contributed by atoms with van der Waals surface area (Å²) in [6.45, 7) is 4.10. The first-order chi connectivity index (χ1) is 11.5. The van der Waals surface area contributed by atoms with Crippen molar-refractivity contribution in [2.45, 2.75) is 6.54 Å². The largest absolute Gasteiger partial charge is 0.508 e. The molecule has 0 bridgehead atoms. The first kappa shape index (κ1) is 18.2. The van der Waals surface area contributed by atoms with Gasteiger partial charge >= 0.3 is 5.97 Å². The van der Waals surface area contributed by atoms with Gasteiger partial charge in [-0.05, 0) is 52.3 Å². The minimum absolute atomic E-state index is 0.0573. The fraction of sp³-hybridized carbons (Fsp3) is 0.176. The molecular weight excluding hydrogens is 394 g/mol. The van der Waals surface area contributed by atoms with Crippen molar-refractivity contribution in [2.75, 3.05) is 13.2 Å². The molecule has 0 saturated carbocycles. The van der Waals surface area contributed by atoms with Gasteiger partial charge in [-0.2, -0.15) is 0 Å². The van der Waals surface area contributed by atoms with Gasteiger partial charge in [0, 0.05) is 11.4 Å². The average molecular weight is 410 g/mol. The number of aromatic hydroxyl groups is 1. The third-order valence-electron chi connectivity index (χ3n) is 3.11. The fourth-order valence-corrected chi connectivity index (χ4v) is 3.43. The van der Waals surface area contributed by atoms with Crippen LogP contribution in [0.2, 0.25) is 0 Å². The van der Waals surface area contributed by atoms with Gasteiger partial charge in [0.1, 0.15) is 5.75 Å².